The van der Waals surface area contributed by atoms with Gasteiger partial charge in [-0.3, -0.25) is 9.59 Å². The number of hydrogen-bond acceptors (Lipinski definition) is 16. The first-order valence-electron chi connectivity index (χ1n) is 15.9. The summed E-state index contributed by atoms with van der Waals surface area (Å²) in [5.74, 6) is -3.06. The summed E-state index contributed by atoms with van der Waals surface area (Å²) in [7, 11) is -3.52. The van der Waals surface area contributed by atoms with E-state index < -0.39 is 64.2 Å². The number of carboxylic acid groups (broad SMARTS) is 1. The number of ether oxygens (including phenoxy) is 1. The van der Waals surface area contributed by atoms with E-state index in [4.69, 9.17) is 26.8 Å². The van der Waals surface area contributed by atoms with Crippen LogP contribution in [0.15, 0.2) is 53.1 Å². The number of amides is 3. The van der Waals surface area contributed by atoms with Crippen LogP contribution in [-0.4, -0.2) is 94.4 Å². The number of nitrogen functional groups attached to an aromatic ring is 1. The molecule has 0 saturated carbocycles. The number of carbonyl (C=O) groups is 4. The van der Waals surface area contributed by atoms with Gasteiger partial charge in [0.15, 0.2) is 10.8 Å². The number of nitrogens with one attached hydrogen (secondary N) is 2. The molecule has 3 amide bonds. The number of rotatable bonds is 18. The second kappa shape index (κ2) is 17.0. The fourth-order valence-electron chi connectivity index (χ4n) is 4.96. The number of carbonyl (C=O) groups excluding carboxylic acids is 3. The normalized spacial score (nSPS) is 16.6. The Morgan fingerprint density at radius 1 is 1.17 bits per heavy atom. The highest BCUT2D eigenvalue weighted by molar-refractivity contribution is 7.80. The Bertz CT molecular complexity index is 1970. The van der Waals surface area contributed by atoms with Gasteiger partial charge in [-0.1, -0.05) is 23.7 Å². The van der Waals surface area contributed by atoms with Gasteiger partial charge in [0.2, 0.25) is 10.4 Å². The van der Waals surface area contributed by atoms with Gasteiger partial charge in [-0.05, 0) is 57.0 Å². The lowest BCUT2D eigenvalue weighted by Crippen LogP contribution is -2.76. The zero-order valence-electron chi connectivity index (χ0n) is 28.8. The lowest BCUT2D eigenvalue weighted by molar-refractivity contribution is -0.656. The first-order valence-corrected chi connectivity index (χ1v) is 18.1. The lowest BCUT2D eigenvalue weighted by Gasteiger charge is -2.51. The Morgan fingerprint density at radius 2 is 1.85 bits per heavy atom. The summed E-state index contributed by atoms with van der Waals surface area (Å²) in [6.45, 7) is 2.64. The molecular weight excluding hydrogens is 739 g/mol. The van der Waals surface area contributed by atoms with Crippen LogP contribution in [0.1, 0.15) is 38.8 Å². The quantitative estimate of drug-likeness (QED) is 0.0178. The monoisotopic (exact) mass is 777 g/mol. The van der Waals surface area contributed by atoms with E-state index in [9.17, 15) is 37.3 Å². The molecule has 0 radical (unpaired) electrons. The molecule has 1 aromatic carbocycles. The summed E-state index contributed by atoms with van der Waals surface area (Å²) in [6.07, 6.45) is 2.14. The number of nitrogens with zero attached hydrogens (tertiary/aromatic N) is 4. The Balaban J connectivity index is 1.40. The van der Waals surface area contributed by atoms with Gasteiger partial charge in [-0.25, -0.2) is 32.9 Å². The number of unbranched alkanes of at least 4 members (excludes halogenated alkanes) is 1. The summed E-state index contributed by atoms with van der Waals surface area (Å²) >= 11 is 0.938. The van der Waals surface area contributed by atoms with Crippen molar-refractivity contribution in [3.05, 3.63) is 53.7 Å². The van der Waals surface area contributed by atoms with Crippen molar-refractivity contribution in [3.8, 4) is 16.9 Å². The first-order chi connectivity index (χ1) is 24.9. The van der Waals surface area contributed by atoms with E-state index in [1.54, 1.807) is 41.9 Å². The predicted molar refractivity (Wildman–Crippen MR) is 187 cm³/mol. The number of pyridine rings is 1. The van der Waals surface area contributed by atoms with Crippen molar-refractivity contribution in [1.82, 2.24) is 15.4 Å². The average Bonchev–Trinajstić information content (AvgIpc) is 3.53. The molecule has 3 atom stereocenters. The minimum Gasteiger partial charge on any atom is -0.724 e. The van der Waals surface area contributed by atoms with Gasteiger partial charge in [0.25, 0.3) is 23.7 Å². The van der Waals surface area contributed by atoms with Crippen LogP contribution < -0.4 is 37.1 Å². The second-order valence-corrected chi connectivity index (χ2v) is 14.1. The van der Waals surface area contributed by atoms with Crippen molar-refractivity contribution in [2.24, 2.45) is 23.7 Å². The van der Waals surface area contributed by atoms with Crippen LogP contribution in [0.5, 0.6) is 5.75 Å². The van der Waals surface area contributed by atoms with E-state index in [0.29, 0.717) is 23.8 Å². The Labute approximate surface area is 307 Å². The molecule has 0 bridgehead atoms. The van der Waals surface area contributed by atoms with Crippen LogP contribution in [-0.2, 0) is 45.7 Å². The lowest BCUT2D eigenvalue weighted by atomic mass is 9.84. The number of β-lactam (4-membered cyclic amide) rings is 1. The fourth-order valence-corrected chi connectivity index (χ4v) is 5.96. The SMILES string of the molecule is C[n+]1cc(-c2ccc(OC[C@H](O/N=C(\C(=O)NC3C(=O)N(OS(=O)(=O)[O-])C3(C)C)c3csc(N)n3)C(=O)O)cc2)ccc1NC(=O)C(N)CCCCN. The van der Waals surface area contributed by atoms with Crippen LogP contribution in [0.3, 0.4) is 0 Å². The molecule has 53 heavy (non-hydrogen) atoms. The van der Waals surface area contributed by atoms with Crippen molar-refractivity contribution in [2.45, 2.75) is 56.8 Å². The Kier molecular flexibility index (Phi) is 13.0. The Morgan fingerprint density at radius 3 is 2.42 bits per heavy atom. The summed E-state index contributed by atoms with van der Waals surface area (Å²) in [5.41, 5.74) is 16.6. The standard InChI is InChI=1S/C31H39N9O11S2/c1-31(2)25(28(43)40(31)51-53(46,47)48)37-27(42)24(21-16-52-30(34)35-21)38-50-22(29(44)45)15-49-19-10-7-17(8-11-19)18-9-12-23(39(3)14-18)36-26(41)20(33)6-4-5-13-32/h7-12,14,16,20,22,25H,4-6,13,15,32-33H2,1-3H3,(H5,34,35,37,42,44,45,46,47,48)/b38-24-/t20?,22-,25?/m0/s1. The van der Waals surface area contributed by atoms with Crippen LogP contribution >= 0.6 is 11.3 Å². The van der Waals surface area contributed by atoms with Gasteiger partial charge >= 0.3 is 11.9 Å². The number of carboxylic acids is 1. The van der Waals surface area contributed by atoms with Gasteiger partial charge in [0.05, 0.1) is 18.8 Å². The molecule has 1 fully saturated rings. The van der Waals surface area contributed by atoms with E-state index in [-0.39, 0.29) is 22.5 Å². The minimum atomic E-state index is -5.28. The molecule has 1 aliphatic heterocycles. The molecule has 1 saturated heterocycles. The maximum Gasteiger partial charge on any atom is 0.351 e. The third-order valence-electron chi connectivity index (χ3n) is 7.92. The number of hydroxylamine groups is 2. The molecule has 22 heteroatoms. The molecule has 20 nitrogen and oxygen atoms in total. The number of aromatic nitrogens is 2. The van der Waals surface area contributed by atoms with Gasteiger partial charge < -0.3 is 41.8 Å². The fraction of sp³-hybridized carbons (Fsp3) is 0.387. The maximum absolute atomic E-state index is 13.3. The smallest absolute Gasteiger partial charge is 0.351 e. The summed E-state index contributed by atoms with van der Waals surface area (Å²) in [6, 6.07) is 8.20. The molecule has 3 heterocycles. The van der Waals surface area contributed by atoms with E-state index in [0.717, 1.165) is 35.3 Å². The number of oxime groups is 1. The maximum atomic E-state index is 13.3. The predicted octanol–water partition coefficient (Wildman–Crippen LogP) is -0.638. The van der Waals surface area contributed by atoms with Crippen molar-refractivity contribution in [2.75, 3.05) is 24.2 Å². The van der Waals surface area contributed by atoms with Gasteiger partial charge in [0, 0.05) is 17.0 Å². The zero-order valence-corrected chi connectivity index (χ0v) is 30.4. The van der Waals surface area contributed by atoms with E-state index >= 15 is 0 Å². The van der Waals surface area contributed by atoms with Crippen LogP contribution in [0.2, 0.25) is 0 Å². The minimum absolute atomic E-state index is 0.0354. The summed E-state index contributed by atoms with van der Waals surface area (Å²) in [4.78, 5) is 59.4. The molecule has 4 rings (SSSR count). The van der Waals surface area contributed by atoms with Crippen molar-refractivity contribution < 1.29 is 55.7 Å². The van der Waals surface area contributed by atoms with Gasteiger partial charge in [0.1, 0.15) is 30.1 Å². The molecule has 2 unspecified atom stereocenters. The van der Waals surface area contributed by atoms with Gasteiger partial charge in [-0.15, -0.1) is 11.3 Å². The Hall–Kier alpha value is -5.26. The summed E-state index contributed by atoms with van der Waals surface area (Å²) in [5, 5.41) is 20.3. The number of anilines is 2. The highest BCUT2D eigenvalue weighted by Gasteiger charge is 2.57. The molecular formula is C31H39N9O11S2. The van der Waals surface area contributed by atoms with E-state index in [1.165, 1.54) is 19.2 Å². The highest BCUT2D eigenvalue weighted by Crippen LogP contribution is 2.33. The first kappa shape index (κ1) is 40.5. The molecule has 1 aliphatic rings. The number of aliphatic carboxylic acids is 1. The van der Waals surface area contributed by atoms with E-state index in [2.05, 4.69) is 25.1 Å². The molecule has 0 spiro atoms. The summed E-state index contributed by atoms with van der Waals surface area (Å²) < 4.78 is 44.6. The largest absolute Gasteiger partial charge is 0.724 e. The topological polar surface area (TPSA) is 308 Å². The highest BCUT2D eigenvalue weighted by atomic mass is 32.3. The zero-order chi connectivity index (χ0) is 39.1. The number of hydrogen-bond donors (Lipinski definition) is 6. The average molecular weight is 778 g/mol. The number of thiazole rings is 1. The number of nitrogens with two attached hydrogens (primary N) is 3. The molecule has 2 aromatic heterocycles. The molecule has 0 aliphatic carbocycles. The second-order valence-electron chi connectivity index (χ2n) is 12.2. The molecule has 9 N–H and O–H groups in total. The number of aryl methyl sites for hydroxylation is 1. The van der Waals surface area contributed by atoms with Crippen LogP contribution in [0.25, 0.3) is 11.1 Å². The molecule has 286 valence electrons. The van der Waals surface area contributed by atoms with Crippen molar-refractivity contribution in [3.63, 3.8) is 0 Å². The number of benzene rings is 1. The van der Waals surface area contributed by atoms with Crippen molar-refractivity contribution >= 4 is 62.1 Å². The van der Waals surface area contributed by atoms with Crippen LogP contribution in [0.4, 0.5) is 10.9 Å². The third-order valence-corrected chi connectivity index (χ3v) is 8.93. The van der Waals surface area contributed by atoms with Crippen molar-refractivity contribution in [1.29, 1.82) is 0 Å². The third kappa shape index (κ3) is 10.4. The van der Waals surface area contributed by atoms with E-state index in [1.807, 2.05) is 12.3 Å². The van der Waals surface area contributed by atoms with Crippen LogP contribution in [0, 0.1) is 0 Å². The van der Waals surface area contributed by atoms with Gasteiger partial charge in [-0.2, -0.15) is 9.35 Å². The molecule has 3 aromatic rings.